The van der Waals surface area contributed by atoms with Crippen molar-refractivity contribution in [2.45, 2.75) is 82.3 Å². The normalized spacial score (nSPS) is 17.4. The lowest BCUT2D eigenvalue weighted by molar-refractivity contribution is -0.163. The molecule has 2 unspecified atom stereocenters. The van der Waals surface area contributed by atoms with E-state index in [2.05, 4.69) is 6.58 Å². The summed E-state index contributed by atoms with van der Waals surface area (Å²) in [6.07, 6.45) is 9.25. The Labute approximate surface area is 307 Å². The first-order valence-electron chi connectivity index (χ1n) is 18.3. The number of likely N-dealkylation sites (tertiary alicyclic amines) is 1. The molecule has 10 nitrogen and oxygen atoms in total. The Morgan fingerprint density at radius 2 is 1.52 bits per heavy atom. The van der Waals surface area contributed by atoms with Gasteiger partial charge in [0.25, 0.3) is 0 Å². The van der Waals surface area contributed by atoms with Crippen LogP contribution in [0.5, 0.6) is 34.5 Å². The van der Waals surface area contributed by atoms with Crippen molar-refractivity contribution in [1.82, 2.24) is 4.90 Å². The standard InChI is InChI=1S/C42H53NO9/c1-6-23-51-32-16-12-15-30(25-32)34(20-18-28-19-21-35(47-2)36(24-28)48-3)52-42(46)33-17-10-11-22-43(33)41(45)39(29-13-8-7-9-14-29)31-26-37(49-4)40(44)38(27-31)50-5/h6,12,15-16,19,21,24-27,29,33-34,39,44H,1,7-11,13-14,17-18,20,22-23H2,2-5H3/t33-,34?,39?/m1/s1. The van der Waals surface area contributed by atoms with Gasteiger partial charge in [-0.2, -0.15) is 0 Å². The SMILES string of the molecule is C=CCOc1cccc(C(CCc2ccc(OC)c(OC)c2)OC(=O)[C@H]2CCCCN2C(=O)C(c2cc(OC)c(O)c(OC)c2)C2CCCCC2)c1. The van der Waals surface area contributed by atoms with Crippen LogP contribution in [0.1, 0.15) is 86.5 Å². The lowest BCUT2D eigenvalue weighted by Gasteiger charge is -2.39. The minimum atomic E-state index is -0.739. The highest BCUT2D eigenvalue weighted by atomic mass is 16.5. The monoisotopic (exact) mass is 715 g/mol. The Morgan fingerprint density at radius 1 is 0.827 bits per heavy atom. The van der Waals surface area contributed by atoms with Crippen LogP contribution >= 0.6 is 0 Å². The number of amides is 1. The molecule has 1 saturated heterocycles. The number of methoxy groups -OCH3 is 4. The molecule has 5 rings (SSSR count). The fourth-order valence-corrected chi connectivity index (χ4v) is 7.60. The number of hydrogen-bond donors (Lipinski definition) is 1. The van der Waals surface area contributed by atoms with Gasteiger partial charge in [-0.25, -0.2) is 4.79 Å². The van der Waals surface area contributed by atoms with Gasteiger partial charge in [0.2, 0.25) is 11.7 Å². The number of phenols is 1. The first-order valence-corrected chi connectivity index (χ1v) is 18.3. The fraction of sp³-hybridized carbons (Fsp3) is 0.476. The lowest BCUT2D eigenvalue weighted by Crippen LogP contribution is -2.51. The molecule has 2 fully saturated rings. The molecule has 0 spiro atoms. The van der Waals surface area contributed by atoms with Crippen LogP contribution in [-0.2, 0) is 20.7 Å². The van der Waals surface area contributed by atoms with E-state index in [1.807, 2.05) is 42.5 Å². The second-order valence-corrected chi connectivity index (χ2v) is 13.5. The molecule has 1 aliphatic carbocycles. The van der Waals surface area contributed by atoms with Gasteiger partial charge in [-0.3, -0.25) is 4.79 Å². The number of piperidine rings is 1. The van der Waals surface area contributed by atoms with Gasteiger partial charge >= 0.3 is 5.97 Å². The zero-order chi connectivity index (χ0) is 37.0. The highest BCUT2D eigenvalue weighted by Crippen LogP contribution is 2.45. The number of carbonyl (C=O) groups is 2. The second kappa shape index (κ2) is 18.6. The fourth-order valence-electron chi connectivity index (χ4n) is 7.60. The second-order valence-electron chi connectivity index (χ2n) is 13.5. The molecule has 3 atom stereocenters. The third-order valence-electron chi connectivity index (χ3n) is 10.3. The number of ether oxygens (including phenoxy) is 6. The molecule has 3 aromatic carbocycles. The number of phenolic OH excluding ortho intramolecular Hbond substituents is 1. The maximum absolute atomic E-state index is 14.8. The van der Waals surface area contributed by atoms with Crippen LogP contribution in [0, 0.1) is 5.92 Å². The van der Waals surface area contributed by atoms with Crippen LogP contribution in [0.15, 0.2) is 67.3 Å². The molecule has 2 aliphatic rings. The number of carbonyl (C=O) groups excluding carboxylic acids is 2. The average Bonchev–Trinajstić information content (AvgIpc) is 3.19. The molecule has 1 aliphatic heterocycles. The van der Waals surface area contributed by atoms with E-state index in [1.54, 1.807) is 37.3 Å². The lowest BCUT2D eigenvalue weighted by atomic mass is 9.75. The van der Waals surface area contributed by atoms with Crippen molar-refractivity contribution in [1.29, 1.82) is 0 Å². The minimum absolute atomic E-state index is 0.0753. The van der Waals surface area contributed by atoms with Crippen LogP contribution in [0.2, 0.25) is 0 Å². The summed E-state index contributed by atoms with van der Waals surface area (Å²) in [5.41, 5.74) is 2.51. The van der Waals surface area contributed by atoms with E-state index in [0.717, 1.165) is 56.1 Å². The minimum Gasteiger partial charge on any atom is -0.502 e. The van der Waals surface area contributed by atoms with Crippen LogP contribution < -0.4 is 23.7 Å². The van der Waals surface area contributed by atoms with Gasteiger partial charge in [0.05, 0.1) is 34.4 Å². The first-order chi connectivity index (χ1) is 25.3. The van der Waals surface area contributed by atoms with E-state index in [-0.39, 0.29) is 29.1 Å². The van der Waals surface area contributed by atoms with Gasteiger partial charge in [-0.05, 0) is 104 Å². The number of hydrogen-bond acceptors (Lipinski definition) is 9. The molecule has 1 saturated carbocycles. The molecule has 280 valence electrons. The number of rotatable bonds is 16. The molecule has 1 amide bonds. The quantitative estimate of drug-likeness (QED) is 0.117. The van der Waals surface area contributed by atoms with Crippen LogP contribution in [0.3, 0.4) is 0 Å². The van der Waals surface area contributed by atoms with Crippen molar-refractivity contribution in [2.75, 3.05) is 41.6 Å². The van der Waals surface area contributed by atoms with Crippen LogP contribution in [-0.4, -0.2) is 69.5 Å². The van der Waals surface area contributed by atoms with Crippen molar-refractivity contribution < 1.29 is 43.1 Å². The summed E-state index contributed by atoms with van der Waals surface area (Å²) < 4.78 is 34.2. The van der Waals surface area contributed by atoms with E-state index in [9.17, 15) is 14.7 Å². The summed E-state index contributed by atoms with van der Waals surface area (Å²) in [6.45, 7) is 4.55. The zero-order valence-electron chi connectivity index (χ0n) is 30.9. The van der Waals surface area contributed by atoms with Gasteiger partial charge in [0.15, 0.2) is 23.0 Å². The number of aryl methyl sites for hydroxylation is 1. The number of aromatic hydroxyl groups is 1. The van der Waals surface area contributed by atoms with Gasteiger partial charge in [-0.15, -0.1) is 0 Å². The predicted octanol–water partition coefficient (Wildman–Crippen LogP) is 7.95. The van der Waals surface area contributed by atoms with Crippen molar-refractivity contribution in [3.05, 3.63) is 83.9 Å². The third-order valence-corrected chi connectivity index (χ3v) is 10.3. The van der Waals surface area contributed by atoms with Crippen LogP contribution in [0.4, 0.5) is 0 Å². The number of esters is 1. The summed E-state index contributed by atoms with van der Waals surface area (Å²) in [4.78, 5) is 31.0. The maximum Gasteiger partial charge on any atom is 0.329 e. The summed E-state index contributed by atoms with van der Waals surface area (Å²) in [6, 6.07) is 16.1. The number of nitrogens with zero attached hydrogens (tertiary/aromatic N) is 1. The molecular formula is C42H53NO9. The Kier molecular flexibility index (Phi) is 13.7. The third kappa shape index (κ3) is 9.13. The highest BCUT2D eigenvalue weighted by molar-refractivity contribution is 5.89. The number of benzene rings is 3. The Hall–Kier alpha value is -4.86. The van der Waals surface area contributed by atoms with Crippen molar-refractivity contribution in [2.24, 2.45) is 5.92 Å². The van der Waals surface area contributed by atoms with E-state index >= 15 is 0 Å². The molecule has 0 bridgehead atoms. The Bertz CT molecular complexity index is 1640. The van der Waals surface area contributed by atoms with E-state index < -0.39 is 24.0 Å². The predicted molar refractivity (Wildman–Crippen MR) is 199 cm³/mol. The van der Waals surface area contributed by atoms with Crippen molar-refractivity contribution in [3.8, 4) is 34.5 Å². The molecule has 1 N–H and O–H groups in total. The molecular weight excluding hydrogens is 662 g/mol. The van der Waals surface area contributed by atoms with E-state index in [1.165, 1.54) is 14.2 Å². The van der Waals surface area contributed by atoms with Gasteiger partial charge in [0, 0.05) is 6.54 Å². The van der Waals surface area contributed by atoms with Crippen molar-refractivity contribution in [3.63, 3.8) is 0 Å². The van der Waals surface area contributed by atoms with Gasteiger partial charge in [-0.1, -0.05) is 50.1 Å². The molecule has 52 heavy (non-hydrogen) atoms. The smallest absolute Gasteiger partial charge is 0.329 e. The molecule has 10 heteroatoms. The summed E-state index contributed by atoms with van der Waals surface area (Å²) >= 11 is 0. The van der Waals surface area contributed by atoms with Gasteiger partial charge < -0.3 is 38.4 Å². The van der Waals surface area contributed by atoms with Crippen LogP contribution in [0.25, 0.3) is 0 Å². The summed E-state index contributed by atoms with van der Waals surface area (Å²) in [5, 5.41) is 10.7. The maximum atomic E-state index is 14.8. The Balaban J connectivity index is 1.44. The van der Waals surface area contributed by atoms with E-state index in [4.69, 9.17) is 28.4 Å². The van der Waals surface area contributed by atoms with Gasteiger partial charge in [0.1, 0.15) is 24.5 Å². The Morgan fingerprint density at radius 3 is 2.19 bits per heavy atom. The highest BCUT2D eigenvalue weighted by Gasteiger charge is 2.41. The van der Waals surface area contributed by atoms with Crippen molar-refractivity contribution >= 4 is 11.9 Å². The van der Waals surface area contributed by atoms with E-state index in [0.29, 0.717) is 55.2 Å². The summed E-state index contributed by atoms with van der Waals surface area (Å²) in [7, 11) is 6.17. The first kappa shape index (κ1) is 38.4. The average molecular weight is 716 g/mol. The molecule has 1 heterocycles. The molecule has 0 aromatic heterocycles. The molecule has 3 aromatic rings. The largest absolute Gasteiger partial charge is 0.502 e. The zero-order valence-corrected chi connectivity index (χ0v) is 30.9. The molecule has 0 radical (unpaired) electrons. The summed E-state index contributed by atoms with van der Waals surface area (Å²) in [5.74, 6) is 1.30. The topological polar surface area (TPSA) is 113 Å².